The molecule has 1 fully saturated rings. The molecule has 2 aromatic carbocycles. The van der Waals surface area contributed by atoms with Crippen LogP contribution in [0.1, 0.15) is 20.7 Å². The van der Waals surface area contributed by atoms with Gasteiger partial charge in [-0.2, -0.15) is 0 Å². The molecular weight excluding hydrogens is 375 g/mol. The number of para-hydroxylation sites is 1. The van der Waals surface area contributed by atoms with E-state index >= 15 is 0 Å². The number of nitrogens with zero attached hydrogens (tertiary/aromatic N) is 2. The first-order valence-electron chi connectivity index (χ1n) is 8.17. The van der Waals surface area contributed by atoms with Crippen LogP contribution in [0.4, 0.5) is 0 Å². The quantitative estimate of drug-likeness (QED) is 0.801. The Morgan fingerprint density at radius 1 is 0.885 bits per heavy atom. The van der Waals surface area contributed by atoms with Crippen LogP contribution in [0.3, 0.4) is 0 Å². The Labute approximate surface area is 162 Å². The predicted molar refractivity (Wildman–Crippen MR) is 101 cm³/mol. The molecule has 0 atom stereocenters. The highest BCUT2D eigenvalue weighted by molar-refractivity contribution is 6.35. The lowest BCUT2D eigenvalue weighted by molar-refractivity contribution is 0.0533. The highest BCUT2D eigenvalue weighted by Crippen LogP contribution is 2.22. The Balaban J connectivity index is 1.67. The molecule has 136 valence electrons. The summed E-state index contributed by atoms with van der Waals surface area (Å²) in [7, 11) is 1.54. The number of hydrogen-bond donors (Lipinski definition) is 0. The minimum Gasteiger partial charge on any atom is -0.496 e. The van der Waals surface area contributed by atoms with Gasteiger partial charge in [0.25, 0.3) is 11.8 Å². The van der Waals surface area contributed by atoms with Crippen molar-refractivity contribution in [2.24, 2.45) is 0 Å². The topological polar surface area (TPSA) is 49.9 Å². The fraction of sp³-hybridized carbons (Fsp3) is 0.263. The van der Waals surface area contributed by atoms with Gasteiger partial charge >= 0.3 is 0 Å². The smallest absolute Gasteiger partial charge is 0.257 e. The summed E-state index contributed by atoms with van der Waals surface area (Å²) >= 11 is 11.9. The second-order valence-corrected chi connectivity index (χ2v) is 6.82. The Hall–Kier alpha value is -2.24. The molecule has 0 radical (unpaired) electrons. The number of piperazine rings is 1. The highest BCUT2D eigenvalue weighted by atomic mass is 35.5. The van der Waals surface area contributed by atoms with Gasteiger partial charge in [0.15, 0.2) is 0 Å². The molecule has 7 heteroatoms. The normalized spacial score (nSPS) is 14.3. The van der Waals surface area contributed by atoms with Gasteiger partial charge in [0.2, 0.25) is 0 Å². The van der Waals surface area contributed by atoms with E-state index in [0.717, 1.165) is 0 Å². The molecule has 3 rings (SSSR count). The first kappa shape index (κ1) is 18.5. The maximum atomic E-state index is 12.7. The van der Waals surface area contributed by atoms with E-state index in [-0.39, 0.29) is 11.8 Å². The lowest BCUT2D eigenvalue weighted by Crippen LogP contribution is -2.50. The molecule has 0 bridgehead atoms. The van der Waals surface area contributed by atoms with Gasteiger partial charge in [-0.25, -0.2) is 0 Å². The Kier molecular flexibility index (Phi) is 5.69. The summed E-state index contributed by atoms with van der Waals surface area (Å²) in [5.74, 6) is 0.309. The predicted octanol–water partition coefficient (Wildman–Crippen LogP) is 3.60. The molecular formula is C19H18Cl2N2O3. The SMILES string of the molecule is COc1ccccc1C(=O)N1CCN(C(=O)c2cc(Cl)cc(Cl)c2)CC1. The summed E-state index contributed by atoms with van der Waals surface area (Å²) in [6.45, 7) is 1.81. The van der Waals surface area contributed by atoms with Crippen LogP contribution in [-0.4, -0.2) is 54.9 Å². The van der Waals surface area contributed by atoms with Crippen LogP contribution in [-0.2, 0) is 0 Å². The fourth-order valence-corrected chi connectivity index (χ4v) is 3.49. The van der Waals surface area contributed by atoms with E-state index in [2.05, 4.69) is 0 Å². The molecule has 2 amide bonds. The second kappa shape index (κ2) is 7.98. The summed E-state index contributed by atoms with van der Waals surface area (Å²) in [6, 6.07) is 11.9. The Morgan fingerprint density at radius 3 is 2.00 bits per heavy atom. The monoisotopic (exact) mass is 392 g/mol. The Bertz CT molecular complexity index is 813. The van der Waals surface area contributed by atoms with Crippen molar-refractivity contribution >= 4 is 35.0 Å². The van der Waals surface area contributed by atoms with Crippen LogP contribution >= 0.6 is 23.2 Å². The third-order valence-corrected chi connectivity index (χ3v) is 4.74. The third kappa shape index (κ3) is 3.94. The summed E-state index contributed by atoms with van der Waals surface area (Å²) < 4.78 is 5.26. The lowest BCUT2D eigenvalue weighted by atomic mass is 10.1. The van der Waals surface area contributed by atoms with Crippen molar-refractivity contribution in [2.45, 2.75) is 0 Å². The molecule has 1 aliphatic heterocycles. The highest BCUT2D eigenvalue weighted by Gasteiger charge is 2.27. The molecule has 1 aliphatic rings. The molecule has 1 saturated heterocycles. The van der Waals surface area contributed by atoms with Gasteiger partial charge < -0.3 is 14.5 Å². The van der Waals surface area contributed by atoms with Gasteiger partial charge in [0, 0.05) is 41.8 Å². The van der Waals surface area contributed by atoms with E-state index in [1.54, 1.807) is 53.3 Å². The van der Waals surface area contributed by atoms with Crippen molar-refractivity contribution < 1.29 is 14.3 Å². The number of ether oxygens (including phenoxy) is 1. The summed E-state index contributed by atoms with van der Waals surface area (Å²) in [5, 5.41) is 0.844. The van der Waals surface area contributed by atoms with Gasteiger partial charge in [-0.1, -0.05) is 35.3 Å². The summed E-state index contributed by atoms with van der Waals surface area (Å²) in [4.78, 5) is 28.8. The van der Waals surface area contributed by atoms with Crippen molar-refractivity contribution in [1.82, 2.24) is 9.80 Å². The van der Waals surface area contributed by atoms with Gasteiger partial charge in [-0.3, -0.25) is 9.59 Å². The molecule has 0 N–H and O–H groups in total. The van der Waals surface area contributed by atoms with Crippen molar-refractivity contribution in [3.63, 3.8) is 0 Å². The first-order valence-corrected chi connectivity index (χ1v) is 8.93. The average Bonchev–Trinajstić information content (AvgIpc) is 2.66. The Morgan fingerprint density at radius 2 is 1.42 bits per heavy atom. The van der Waals surface area contributed by atoms with Gasteiger partial charge in [-0.05, 0) is 30.3 Å². The number of hydrogen-bond acceptors (Lipinski definition) is 3. The van der Waals surface area contributed by atoms with Crippen LogP contribution in [0.5, 0.6) is 5.75 Å². The van der Waals surface area contributed by atoms with E-state index in [9.17, 15) is 9.59 Å². The lowest BCUT2D eigenvalue weighted by Gasteiger charge is -2.35. The number of halogens is 2. The maximum absolute atomic E-state index is 12.7. The fourth-order valence-electron chi connectivity index (χ4n) is 2.96. The van der Waals surface area contributed by atoms with E-state index in [1.807, 2.05) is 6.07 Å². The van der Waals surface area contributed by atoms with E-state index in [0.29, 0.717) is 53.1 Å². The molecule has 0 spiro atoms. The van der Waals surface area contributed by atoms with Crippen LogP contribution in [0.15, 0.2) is 42.5 Å². The summed E-state index contributed by atoms with van der Waals surface area (Å²) in [6.07, 6.45) is 0. The minimum atomic E-state index is -0.140. The number of benzene rings is 2. The number of rotatable bonds is 3. The molecule has 0 aromatic heterocycles. The molecule has 0 aliphatic carbocycles. The van der Waals surface area contributed by atoms with Crippen LogP contribution < -0.4 is 4.74 Å². The van der Waals surface area contributed by atoms with Crippen molar-refractivity contribution in [1.29, 1.82) is 0 Å². The molecule has 2 aromatic rings. The molecule has 26 heavy (non-hydrogen) atoms. The molecule has 0 unspecified atom stereocenters. The van der Waals surface area contributed by atoms with Gasteiger partial charge in [0.1, 0.15) is 5.75 Å². The second-order valence-electron chi connectivity index (χ2n) is 5.94. The van der Waals surface area contributed by atoms with Crippen LogP contribution in [0.2, 0.25) is 10.0 Å². The van der Waals surface area contributed by atoms with Gasteiger partial charge in [0.05, 0.1) is 12.7 Å². The minimum absolute atomic E-state index is 0.0969. The standard InChI is InChI=1S/C19H18Cl2N2O3/c1-26-17-5-3-2-4-16(17)19(25)23-8-6-22(7-9-23)18(24)13-10-14(20)12-15(21)11-13/h2-5,10-12H,6-9H2,1H3. The number of carbonyl (C=O) groups is 2. The van der Waals surface area contributed by atoms with E-state index < -0.39 is 0 Å². The third-order valence-electron chi connectivity index (χ3n) is 4.30. The van der Waals surface area contributed by atoms with Crippen molar-refractivity contribution in [3.05, 3.63) is 63.6 Å². The van der Waals surface area contributed by atoms with Crippen molar-refractivity contribution in [3.8, 4) is 5.75 Å². The maximum Gasteiger partial charge on any atom is 0.257 e. The van der Waals surface area contributed by atoms with Crippen LogP contribution in [0.25, 0.3) is 0 Å². The number of carbonyl (C=O) groups excluding carboxylic acids is 2. The molecule has 5 nitrogen and oxygen atoms in total. The number of amides is 2. The van der Waals surface area contributed by atoms with E-state index in [1.165, 1.54) is 0 Å². The first-order chi connectivity index (χ1) is 12.5. The van der Waals surface area contributed by atoms with Crippen molar-refractivity contribution in [2.75, 3.05) is 33.3 Å². The number of methoxy groups -OCH3 is 1. The summed E-state index contributed by atoms with van der Waals surface area (Å²) in [5.41, 5.74) is 0.975. The average molecular weight is 393 g/mol. The van der Waals surface area contributed by atoms with Crippen LogP contribution in [0, 0.1) is 0 Å². The zero-order chi connectivity index (χ0) is 18.7. The largest absolute Gasteiger partial charge is 0.496 e. The molecule has 1 heterocycles. The molecule has 0 saturated carbocycles. The zero-order valence-electron chi connectivity index (χ0n) is 14.2. The van der Waals surface area contributed by atoms with E-state index in [4.69, 9.17) is 27.9 Å². The van der Waals surface area contributed by atoms with Gasteiger partial charge in [-0.15, -0.1) is 0 Å². The zero-order valence-corrected chi connectivity index (χ0v) is 15.8.